The highest BCUT2D eigenvalue weighted by molar-refractivity contribution is 7.89. The Morgan fingerprint density at radius 1 is 0.914 bits per heavy atom. The predicted molar refractivity (Wildman–Crippen MR) is 139 cm³/mol. The molecule has 1 heterocycles. The summed E-state index contributed by atoms with van der Waals surface area (Å²) in [6.07, 6.45) is 0.833. The molecule has 1 saturated heterocycles. The Kier molecular flexibility index (Phi) is 8.72. The van der Waals surface area contributed by atoms with E-state index in [-0.39, 0.29) is 41.6 Å². The van der Waals surface area contributed by atoms with Crippen LogP contribution in [0.5, 0.6) is 0 Å². The minimum absolute atomic E-state index is 0.101. The molecule has 0 unspecified atom stereocenters. The van der Waals surface area contributed by atoms with E-state index in [0.29, 0.717) is 24.4 Å². The van der Waals surface area contributed by atoms with E-state index in [1.54, 1.807) is 24.3 Å². The summed E-state index contributed by atoms with van der Waals surface area (Å²) < 4.78 is 27.3. The zero-order valence-corrected chi connectivity index (χ0v) is 22.1. The highest BCUT2D eigenvalue weighted by Gasteiger charge is 2.34. The lowest BCUT2D eigenvalue weighted by molar-refractivity contribution is -0.130. The van der Waals surface area contributed by atoms with Gasteiger partial charge in [-0.1, -0.05) is 57.5 Å². The van der Waals surface area contributed by atoms with Crippen LogP contribution in [0, 0.1) is 18.8 Å². The van der Waals surface area contributed by atoms with E-state index >= 15 is 0 Å². The first-order valence-corrected chi connectivity index (χ1v) is 13.7. The number of benzene rings is 2. The molecule has 190 valence electrons. The third-order valence-electron chi connectivity index (χ3n) is 6.58. The summed E-state index contributed by atoms with van der Waals surface area (Å²) in [6, 6.07) is 13.8. The SMILES string of the molecule is Cc1ccc(S(=O)(=O)N2CCC(C(=O)N[C@H](C(=O)Nc3ccc(C(C)C)cc3)C(C)C)CC2)cc1. The summed E-state index contributed by atoms with van der Waals surface area (Å²) in [4.78, 5) is 26.2. The summed E-state index contributed by atoms with van der Waals surface area (Å²) in [5.41, 5.74) is 2.87. The van der Waals surface area contributed by atoms with Crippen LogP contribution >= 0.6 is 0 Å². The van der Waals surface area contributed by atoms with Gasteiger partial charge in [0.15, 0.2) is 0 Å². The van der Waals surface area contributed by atoms with Gasteiger partial charge in [-0.05, 0) is 61.4 Å². The molecule has 0 aliphatic carbocycles. The van der Waals surface area contributed by atoms with Crippen molar-refractivity contribution in [2.45, 2.75) is 64.3 Å². The van der Waals surface area contributed by atoms with E-state index in [4.69, 9.17) is 0 Å². The van der Waals surface area contributed by atoms with Gasteiger partial charge in [-0.2, -0.15) is 4.31 Å². The Hall–Kier alpha value is -2.71. The van der Waals surface area contributed by atoms with Gasteiger partial charge in [0.25, 0.3) is 0 Å². The zero-order chi connectivity index (χ0) is 25.8. The number of nitrogens with one attached hydrogen (secondary N) is 2. The van der Waals surface area contributed by atoms with Crippen molar-refractivity contribution in [2.75, 3.05) is 18.4 Å². The first kappa shape index (κ1) is 26.9. The maximum atomic E-state index is 13.0. The Balaban J connectivity index is 1.58. The molecule has 1 aliphatic heterocycles. The van der Waals surface area contributed by atoms with Crippen LogP contribution in [0.3, 0.4) is 0 Å². The molecule has 35 heavy (non-hydrogen) atoms. The molecule has 0 saturated carbocycles. The standard InChI is InChI=1S/C27H37N3O4S/c1-18(2)21-8-10-23(11-9-21)28-27(32)25(19(3)4)29-26(31)22-14-16-30(17-15-22)35(33,34)24-12-6-20(5)7-13-24/h6-13,18-19,22,25H,14-17H2,1-5H3,(H,28,32)(H,29,31)/t25-/m0/s1. The van der Waals surface area contributed by atoms with Crippen molar-refractivity contribution < 1.29 is 18.0 Å². The van der Waals surface area contributed by atoms with Gasteiger partial charge in [-0.15, -0.1) is 0 Å². The van der Waals surface area contributed by atoms with E-state index in [0.717, 1.165) is 5.56 Å². The molecular weight excluding hydrogens is 462 g/mol. The first-order chi connectivity index (χ1) is 16.5. The van der Waals surface area contributed by atoms with E-state index < -0.39 is 16.1 Å². The van der Waals surface area contributed by atoms with E-state index in [1.807, 2.05) is 45.0 Å². The van der Waals surface area contributed by atoms with E-state index in [9.17, 15) is 18.0 Å². The molecule has 1 fully saturated rings. The molecule has 2 N–H and O–H groups in total. The molecule has 2 aromatic carbocycles. The van der Waals surface area contributed by atoms with Crippen molar-refractivity contribution in [2.24, 2.45) is 11.8 Å². The Labute approximate surface area is 209 Å². The fourth-order valence-electron chi connectivity index (χ4n) is 4.20. The average Bonchev–Trinajstić information content (AvgIpc) is 2.82. The van der Waals surface area contributed by atoms with Crippen molar-refractivity contribution >= 4 is 27.5 Å². The minimum atomic E-state index is -3.58. The maximum absolute atomic E-state index is 13.0. The number of piperidine rings is 1. The third kappa shape index (κ3) is 6.70. The van der Waals surface area contributed by atoms with Gasteiger partial charge in [0.05, 0.1) is 4.90 Å². The summed E-state index contributed by atoms with van der Waals surface area (Å²) in [5, 5.41) is 5.81. The zero-order valence-electron chi connectivity index (χ0n) is 21.2. The molecule has 2 amide bonds. The van der Waals surface area contributed by atoms with Crippen molar-refractivity contribution in [1.29, 1.82) is 0 Å². The molecule has 0 aromatic heterocycles. The fraction of sp³-hybridized carbons (Fsp3) is 0.481. The van der Waals surface area contributed by atoms with Crippen molar-refractivity contribution in [1.82, 2.24) is 9.62 Å². The average molecular weight is 500 g/mol. The Morgan fingerprint density at radius 3 is 2.00 bits per heavy atom. The summed E-state index contributed by atoms with van der Waals surface area (Å²) >= 11 is 0. The number of aryl methyl sites for hydroxylation is 1. The summed E-state index contributed by atoms with van der Waals surface area (Å²) in [7, 11) is -3.58. The molecule has 2 aromatic rings. The van der Waals surface area contributed by atoms with Crippen LogP contribution in [0.1, 0.15) is 57.6 Å². The number of carbonyl (C=O) groups excluding carboxylic acids is 2. The second-order valence-corrected chi connectivity index (χ2v) is 11.9. The number of anilines is 1. The van der Waals surface area contributed by atoms with Crippen molar-refractivity contribution in [3.63, 3.8) is 0 Å². The lowest BCUT2D eigenvalue weighted by Gasteiger charge is -2.32. The third-order valence-corrected chi connectivity index (χ3v) is 8.49. The van der Waals surface area contributed by atoms with E-state index in [2.05, 4.69) is 24.5 Å². The lowest BCUT2D eigenvalue weighted by Crippen LogP contribution is -2.50. The molecular formula is C27H37N3O4S. The number of hydrogen-bond donors (Lipinski definition) is 2. The summed E-state index contributed by atoms with van der Waals surface area (Å²) in [6.45, 7) is 10.5. The van der Waals surface area contributed by atoms with Gasteiger partial charge < -0.3 is 10.6 Å². The van der Waals surface area contributed by atoms with Crippen LogP contribution in [0.15, 0.2) is 53.4 Å². The smallest absolute Gasteiger partial charge is 0.247 e. The molecule has 0 radical (unpaired) electrons. The number of hydrogen-bond acceptors (Lipinski definition) is 4. The fourth-order valence-corrected chi connectivity index (χ4v) is 5.66. The number of carbonyl (C=O) groups is 2. The molecule has 7 nitrogen and oxygen atoms in total. The molecule has 3 rings (SSSR count). The van der Waals surface area contributed by atoms with Gasteiger partial charge in [-0.3, -0.25) is 9.59 Å². The quantitative estimate of drug-likeness (QED) is 0.566. The van der Waals surface area contributed by atoms with E-state index in [1.165, 1.54) is 9.87 Å². The van der Waals surface area contributed by atoms with Crippen LogP contribution in [0.4, 0.5) is 5.69 Å². The normalized spacial score (nSPS) is 16.3. The Morgan fingerprint density at radius 2 is 1.49 bits per heavy atom. The second-order valence-electron chi connectivity index (χ2n) is 9.99. The Bertz CT molecular complexity index is 1120. The number of rotatable bonds is 8. The van der Waals surface area contributed by atoms with Gasteiger partial charge in [0.1, 0.15) is 6.04 Å². The number of amides is 2. The minimum Gasteiger partial charge on any atom is -0.344 e. The summed E-state index contributed by atoms with van der Waals surface area (Å²) in [5.74, 6) is -0.498. The van der Waals surface area contributed by atoms with Crippen molar-refractivity contribution in [3.05, 3.63) is 59.7 Å². The largest absolute Gasteiger partial charge is 0.344 e. The van der Waals surface area contributed by atoms with Crippen molar-refractivity contribution in [3.8, 4) is 0 Å². The van der Waals surface area contributed by atoms with Crippen LogP contribution in [-0.4, -0.2) is 43.7 Å². The van der Waals surface area contributed by atoms with Crippen LogP contribution in [0.2, 0.25) is 0 Å². The monoisotopic (exact) mass is 499 g/mol. The van der Waals surface area contributed by atoms with Crippen LogP contribution in [-0.2, 0) is 19.6 Å². The molecule has 8 heteroatoms. The molecule has 1 aliphatic rings. The first-order valence-electron chi connectivity index (χ1n) is 12.3. The number of nitrogens with zero attached hydrogens (tertiary/aromatic N) is 1. The van der Waals surface area contributed by atoms with Crippen LogP contribution < -0.4 is 10.6 Å². The van der Waals surface area contributed by atoms with Gasteiger partial charge in [0, 0.05) is 24.7 Å². The highest BCUT2D eigenvalue weighted by Crippen LogP contribution is 2.25. The topological polar surface area (TPSA) is 95.6 Å². The molecule has 1 atom stereocenters. The van der Waals surface area contributed by atoms with Gasteiger partial charge in [-0.25, -0.2) is 8.42 Å². The predicted octanol–water partition coefficient (Wildman–Crippen LogP) is 4.30. The maximum Gasteiger partial charge on any atom is 0.247 e. The van der Waals surface area contributed by atoms with Crippen LogP contribution in [0.25, 0.3) is 0 Å². The molecule has 0 spiro atoms. The lowest BCUT2D eigenvalue weighted by atomic mass is 9.95. The highest BCUT2D eigenvalue weighted by atomic mass is 32.2. The van der Waals surface area contributed by atoms with Gasteiger partial charge in [0.2, 0.25) is 21.8 Å². The molecule has 0 bridgehead atoms. The van der Waals surface area contributed by atoms with Gasteiger partial charge >= 0.3 is 0 Å². The second kappa shape index (κ2) is 11.4. The number of sulfonamides is 1.